The zero-order valence-corrected chi connectivity index (χ0v) is 21.1. The summed E-state index contributed by atoms with van der Waals surface area (Å²) in [6.07, 6.45) is 0.680. The van der Waals surface area contributed by atoms with E-state index >= 15 is 0 Å². The van der Waals surface area contributed by atoms with E-state index < -0.39 is 18.1 Å². The molecule has 0 saturated carbocycles. The van der Waals surface area contributed by atoms with Crippen molar-refractivity contribution in [3.05, 3.63) is 53.7 Å². The number of carbonyl (C=O) groups excluding carboxylic acids is 1. The quantitative estimate of drug-likeness (QED) is 0.272. The van der Waals surface area contributed by atoms with Crippen LogP contribution in [-0.2, 0) is 15.9 Å². The number of halogens is 3. The maximum absolute atomic E-state index is 13.5. The standard InChI is InChI=1S/C27H26F3N3O5/c1-4-22-24(15(2)38-32-22)17-11-20-21(14-33(25(20)31-13-17)18-7-9-36-10-8-18)19-6-5-16(26(34)35-3)12-23(19)37-27(28,29)30/h5-6,11-14,18H,4,7-10H2,1-3H3. The molecule has 0 N–H and O–H groups in total. The molecule has 1 fully saturated rings. The summed E-state index contributed by atoms with van der Waals surface area (Å²) in [6.45, 7) is 4.92. The highest BCUT2D eigenvalue weighted by Crippen LogP contribution is 2.42. The minimum absolute atomic E-state index is 0.0585. The number of hydrogen-bond acceptors (Lipinski definition) is 7. The van der Waals surface area contributed by atoms with E-state index in [1.165, 1.54) is 12.1 Å². The van der Waals surface area contributed by atoms with Crippen LogP contribution in [0, 0.1) is 6.92 Å². The van der Waals surface area contributed by atoms with Crippen LogP contribution in [0.5, 0.6) is 5.75 Å². The van der Waals surface area contributed by atoms with Crippen LogP contribution in [0.3, 0.4) is 0 Å². The van der Waals surface area contributed by atoms with E-state index in [2.05, 4.69) is 9.89 Å². The first kappa shape index (κ1) is 25.8. The third kappa shape index (κ3) is 4.85. The van der Waals surface area contributed by atoms with Gasteiger partial charge in [0.1, 0.15) is 17.2 Å². The van der Waals surface area contributed by atoms with Gasteiger partial charge in [-0.3, -0.25) is 0 Å². The number of pyridine rings is 1. The number of carbonyl (C=O) groups is 1. The molecule has 1 aromatic carbocycles. The van der Waals surface area contributed by atoms with Crippen LogP contribution in [0.4, 0.5) is 13.2 Å². The van der Waals surface area contributed by atoms with Crippen molar-refractivity contribution < 1.29 is 36.7 Å². The number of benzene rings is 1. The van der Waals surface area contributed by atoms with Crippen molar-refractivity contribution in [2.45, 2.75) is 45.5 Å². The summed E-state index contributed by atoms with van der Waals surface area (Å²) >= 11 is 0. The number of ether oxygens (including phenoxy) is 3. The molecular formula is C27H26F3N3O5. The Morgan fingerprint density at radius 2 is 1.95 bits per heavy atom. The zero-order valence-electron chi connectivity index (χ0n) is 21.1. The lowest BCUT2D eigenvalue weighted by atomic mass is 9.99. The van der Waals surface area contributed by atoms with Crippen LogP contribution >= 0.6 is 0 Å². The number of hydrogen-bond donors (Lipinski definition) is 0. The Labute approximate surface area is 216 Å². The van der Waals surface area contributed by atoms with Gasteiger partial charge in [-0.2, -0.15) is 0 Å². The molecule has 8 nitrogen and oxygen atoms in total. The molecule has 0 spiro atoms. The monoisotopic (exact) mass is 529 g/mol. The van der Waals surface area contributed by atoms with Crippen molar-refractivity contribution in [3.63, 3.8) is 0 Å². The van der Waals surface area contributed by atoms with Gasteiger partial charge < -0.3 is 23.3 Å². The van der Waals surface area contributed by atoms with Crippen LogP contribution in [0.25, 0.3) is 33.3 Å². The second-order valence-corrected chi connectivity index (χ2v) is 9.05. The molecule has 4 heterocycles. The summed E-state index contributed by atoms with van der Waals surface area (Å²) in [5.41, 5.74) is 3.53. The summed E-state index contributed by atoms with van der Waals surface area (Å²) < 4.78 is 62.4. The molecule has 1 aliphatic rings. The molecule has 38 heavy (non-hydrogen) atoms. The van der Waals surface area contributed by atoms with E-state index in [0.29, 0.717) is 42.0 Å². The van der Waals surface area contributed by atoms with E-state index in [0.717, 1.165) is 42.8 Å². The van der Waals surface area contributed by atoms with Crippen LogP contribution in [-0.4, -0.2) is 47.4 Å². The maximum atomic E-state index is 13.5. The van der Waals surface area contributed by atoms with Crippen molar-refractivity contribution in [2.75, 3.05) is 20.3 Å². The average Bonchev–Trinajstić information content (AvgIpc) is 3.47. The van der Waals surface area contributed by atoms with Gasteiger partial charge in [-0.1, -0.05) is 12.1 Å². The Kier molecular flexibility index (Phi) is 6.87. The van der Waals surface area contributed by atoms with Gasteiger partial charge in [-0.25, -0.2) is 9.78 Å². The van der Waals surface area contributed by atoms with Crippen molar-refractivity contribution in [3.8, 4) is 28.0 Å². The molecule has 3 aromatic heterocycles. The van der Waals surface area contributed by atoms with E-state index in [1.807, 2.05) is 17.6 Å². The predicted molar refractivity (Wildman–Crippen MR) is 132 cm³/mol. The van der Waals surface area contributed by atoms with E-state index in [4.69, 9.17) is 19.0 Å². The maximum Gasteiger partial charge on any atom is 0.573 e. The number of nitrogens with zero attached hydrogens (tertiary/aromatic N) is 3. The average molecular weight is 530 g/mol. The van der Waals surface area contributed by atoms with Crippen LogP contribution in [0.15, 0.2) is 41.2 Å². The molecule has 0 radical (unpaired) electrons. The first-order chi connectivity index (χ1) is 18.2. The van der Waals surface area contributed by atoms with Crippen molar-refractivity contribution in [2.24, 2.45) is 0 Å². The van der Waals surface area contributed by atoms with Gasteiger partial charge >= 0.3 is 12.3 Å². The molecule has 200 valence electrons. The molecule has 0 aliphatic carbocycles. The molecule has 1 aliphatic heterocycles. The molecule has 0 unspecified atom stereocenters. The van der Waals surface area contributed by atoms with Crippen molar-refractivity contribution in [1.29, 1.82) is 0 Å². The van der Waals surface area contributed by atoms with Gasteiger partial charge in [-0.05, 0) is 50.5 Å². The minimum atomic E-state index is -4.97. The number of alkyl halides is 3. The fraction of sp³-hybridized carbons (Fsp3) is 0.370. The fourth-order valence-electron chi connectivity index (χ4n) is 4.95. The molecule has 0 atom stereocenters. The highest BCUT2D eigenvalue weighted by Gasteiger charge is 2.33. The second kappa shape index (κ2) is 10.1. The summed E-state index contributed by atoms with van der Waals surface area (Å²) in [7, 11) is 1.16. The van der Waals surface area contributed by atoms with Crippen molar-refractivity contribution >= 4 is 17.0 Å². The number of aromatic nitrogens is 3. The largest absolute Gasteiger partial charge is 0.573 e. The Balaban J connectivity index is 1.75. The molecule has 0 amide bonds. The summed E-state index contributed by atoms with van der Waals surface area (Å²) in [5, 5.41) is 4.76. The Hall–Kier alpha value is -3.86. The minimum Gasteiger partial charge on any atom is -0.465 e. The fourth-order valence-corrected chi connectivity index (χ4v) is 4.95. The van der Waals surface area contributed by atoms with E-state index in [1.54, 1.807) is 19.3 Å². The van der Waals surface area contributed by atoms with Gasteiger partial charge in [0.2, 0.25) is 0 Å². The van der Waals surface area contributed by atoms with E-state index in [9.17, 15) is 18.0 Å². The van der Waals surface area contributed by atoms with Crippen LogP contribution in [0.2, 0.25) is 0 Å². The topological polar surface area (TPSA) is 88.6 Å². The first-order valence-corrected chi connectivity index (χ1v) is 12.2. The number of methoxy groups -OCH3 is 1. The predicted octanol–water partition coefficient (Wildman–Crippen LogP) is 6.27. The first-order valence-electron chi connectivity index (χ1n) is 12.2. The van der Waals surface area contributed by atoms with Crippen molar-refractivity contribution in [1.82, 2.24) is 14.7 Å². The SMILES string of the molecule is CCc1noc(C)c1-c1cnc2c(c1)c(-c1ccc(C(=O)OC)cc1OC(F)(F)F)cn2C1CCOCC1. The third-order valence-electron chi connectivity index (χ3n) is 6.73. The van der Waals surface area contributed by atoms with E-state index in [-0.39, 0.29) is 17.2 Å². The second-order valence-electron chi connectivity index (χ2n) is 9.05. The van der Waals surface area contributed by atoms with Crippen LogP contribution < -0.4 is 4.74 Å². The lowest BCUT2D eigenvalue weighted by Crippen LogP contribution is -2.19. The highest BCUT2D eigenvalue weighted by molar-refractivity contribution is 5.99. The Bertz CT molecular complexity index is 1490. The smallest absolute Gasteiger partial charge is 0.465 e. The van der Waals surface area contributed by atoms with Gasteiger partial charge in [0.15, 0.2) is 0 Å². The van der Waals surface area contributed by atoms with Gasteiger partial charge in [0, 0.05) is 59.3 Å². The number of aryl methyl sites for hydroxylation is 2. The van der Waals surface area contributed by atoms with Gasteiger partial charge in [0.25, 0.3) is 0 Å². The highest BCUT2D eigenvalue weighted by atomic mass is 19.4. The number of rotatable bonds is 6. The summed E-state index contributed by atoms with van der Waals surface area (Å²) in [6, 6.07) is 5.84. The van der Waals surface area contributed by atoms with Gasteiger partial charge in [-0.15, -0.1) is 13.2 Å². The molecule has 4 aromatic rings. The molecule has 1 saturated heterocycles. The number of esters is 1. The summed E-state index contributed by atoms with van der Waals surface area (Å²) in [5.74, 6) is -0.656. The van der Waals surface area contributed by atoms with Gasteiger partial charge in [0.05, 0.1) is 18.4 Å². The lowest BCUT2D eigenvalue weighted by Gasteiger charge is -2.24. The van der Waals surface area contributed by atoms with Crippen LogP contribution in [0.1, 0.15) is 47.6 Å². The molecule has 0 bridgehead atoms. The Morgan fingerprint density at radius 3 is 2.63 bits per heavy atom. The Morgan fingerprint density at radius 1 is 1.18 bits per heavy atom. The molecular weight excluding hydrogens is 503 g/mol. The molecule has 5 rings (SSSR count). The zero-order chi connectivity index (χ0) is 27.0. The molecule has 11 heteroatoms. The summed E-state index contributed by atoms with van der Waals surface area (Å²) in [4.78, 5) is 16.8. The number of fused-ring (bicyclic) bond motifs is 1. The lowest BCUT2D eigenvalue weighted by molar-refractivity contribution is -0.274. The third-order valence-corrected chi connectivity index (χ3v) is 6.73. The normalized spacial score (nSPS) is 14.7.